The van der Waals surface area contributed by atoms with Crippen LogP contribution >= 0.6 is 12.2 Å². The number of nitrogens with one attached hydrogen (secondary N) is 1. The van der Waals surface area contributed by atoms with Gasteiger partial charge >= 0.3 is 0 Å². The number of amidine groups is 1. The lowest BCUT2D eigenvalue weighted by Gasteiger charge is -2.02. The van der Waals surface area contributed by atoms with E-state index in [0.717, 1.165) is 22.6 Å². The maximum atomic E-state index is 5.70. The topological polar surface area (TPSA) is 49.9 Å². The Morgan fingerprint density at radius 1 is 1.47 bits per heavy atom. The number of hydrogen-bond donors (Lipinski definition) is 1. The third kappa shape index (κ3) is 1.86. The predicted molar refractivity (Wildman–Crippen MR) is 69.6 cm³/mol. The molecule has 0 bridgehead atoms. The molecule has 1 aliphatic heterocycles. The minimum absolute atomic E-state index is 0.115. The molecule has 1 aromatic carbocycles. The van der Waals surface area contributed by atoms with E-state index in [1.165, 1.54) is 0 Å². The van der Waals surface area contributed by atoms with Crippen LogP contribution in [0.5, 0.6) is 0 Å². The Hall–Kier alpha value is -1.97. The molecule has 1 unspecified atom stereocenters. The molecular weight excluding hydrogens is 234 g/mol. The van der Waals surface area contributed by atoms with E-state index < -0.39 is 0 Å². The van der Waals surface area contributed by atoms with Crippen molar-refractivity contribution in [2.45, 2.75) is 6.17 Å². The summed E-state index contributed by atoms with van der Waals surface area (Å²) in [5.74, 6) is 1.45. The van der Waals surface area contributed by atoms with Gasteiger partial charge in [-0.15, -0.1) is 0 Å². The summed E-state index contributed by atoms with van der Waals surface area (Å²) in [6.07, 6.45) is -0.115. The zero-order valence-electron chi connectivity index (χ0n) is 8.88. The van der Waals surface area contributed by atoms with Crippen LogP contribution in [0.3, 0.4) is 0 Å². The van der Waals surface area contributed by atoms with Gasteiger partial charge in [0.05, 0.1) is 11.7 Å². The predicted octanol–water partition coefficient (Wildman–Crippen LogP) is 2.21. The standard InChI is InChI=1S/C12H9N3OS/c17-7-14-11-6-13-12(15-11)10-5-8-3-1-2-4-9(8)16-10/h1-5,11H,6H2,(H,13,15). The van der Waals surface area contributed by atoms with Crippen LogP contribution in [-0.2, 0) is 0 Å². The zero-order valence-corrected chi connectivity index (χ0v) is 9.70. The highest BCUT2D eigenvalue weighted by Crippen LogP contribution is 2.20. The minimum atomic E-state index is -0.115. The van der Waals surface area contributed by atoms with E-state index in [2.05, 4.69) is 32.7 Å². The molecular formula is C12H9N3OS. The van der Waals surface area contributed by atoms with Crippen molar-refractivity contribution in [3.8, 4) is 0 Å². The van der Waals surface area contributed by atoms with Crippen LogP contribution in [-0.4, -0.2) is 23.7 Å². The number of nitrogens with zero attached hydrogens (tertiary/aromatic N) is 2. The highest BCUT2D eigenvalue weighted by atomic mass is 32.1. The summed E-state index contributed by atoms with van der Waals surface area (Å²) in [5, 5.41) is 6.54. The fourth-order valence-corrected chi connectivity index (χ4v) is 1.94. The number of isothiocyanates is 1. The molecule has 0 saturated heterocycles. The van der Waals surface area contributed by atoms with Gasteiger partial charge in [-0.05, 0) is 24.4 Å². The number of furan rings is 1. The van der Waals surface area contributed by atoms with Gasteiger partial charge in [-0.1, -0.05) is 18.2 Å². The van der Waals surface area contributed by atoms with Crippen molar-refractivity contribution in [1.29, 1.82) is 0 Å². The molecule has 1 aliphatic rings. The molecule has 17 heavy (non-hydrogen) atoms. The van der Waals surface area contributed by atoms with E-state index in [-0.39, 0.29) is 6.17 Å². The summed E-state index contributed by atoms with van der Waals surface area (Å²) in [7, 11) is 0. The number of benzene rings is 1. The van der Waals surface area contributed by atoms with Gasteiger partial charge in [0.2, 0.25) is 0 Å². The lowest BCUT2D eigenvalue weighted by molar-refractivity contribution is 0.598. The van der Waals surface area contributed by atoms with Gasteiger partial charge in [-0.3, -0.25) is 4.99 Å². The fraction of sp³-hybridized carbons (Fsp3) is 0.167. The van der Waals surface area contributed by atoms with E-state index in [9.17, 15) is 0 Å². The molecule has 1 atom stereocenters. The van der Waals surface area contributed by atoms with Crippen LogP contribution in [0.4, 0.5) is 0 Å². The Kier molecular flexibility index (Phi) is 2.48. The maximum Gasteiger partial charge on any atom is 0.170 e. The van der Waals surface area contributed by atoms with Crippen LogP contribution in [0, 0.1) is 0 Å². The van der Waals surface area contributed by atoms with Crippen molar-refractivity contribution in [3.63, 3.8) is 0 Å². The third-order valence-corrected chi connectivity index (χ3v) is 2.70. The second-order valence-electron chi connectivity index (χ2n) is 3.72. The molecule has 1 N–H and O–H groups in total. The molecule has 5 heteroatoms. The Balaban J connectivity index is 1.92. The van der Waals surface area contributed by atoms with Crippen molar-refractivity contribution >= 4 is 34.2 Å². The van der Waals surface area contributed by atoms with Gasteiger partial charge in [0.25, 0.3) is 0 Å². The van der Waals surface area contributed by atoms with Crippen molar-refractivity contribution < 1.29 is 4.42 Å². The average molecular weight is 243 g/mol. The molecule has 1 aromatic heterocycles. The first-order chi connectivity index (χ1) is 8.36. The lowest BCUT2D eigenvalue weighted by atomic mass is 10.2. The molecule has 2 heterocycles. The van der Waals surface area contributed by atoms with Crippen molar-refractivity contribution in [1.82, 2.24) is 5.32 Å². The first-order valence-electron chi connectivity index (χ1n) is 5.24. The van der Waals surface area contributed by atoms with E-state index in [4.69, 9.17) is 4.42 Å². The summed E-state index contributed by atoms with van der Waals surface area (Å²) in [6, 6.07) is 9.82. The molecule has 84 valence electrons. The Labute approximate surface area is 103 Å². The van der Waals surface area contributed by atoms with E-state index in [1.54, 1.807) is 0 Å². The van der Waals surface area contributed by atoms with Crippen LogP contribution in [0.25, 0.3) is 11.0 Å². The van der Waals surface area contributed by atoms with Crippen molar-refractivity contribution in [3.05, 3.63) is 36.1 Å². The lowest BCUT2D eigenvalue weighted by Crippen LogP contribution is -2.28. The van der Waals surface area contributed by atoms with Crippen LogP contribution < -0.4 is 5.32 Å². The van der Waals surface area contributed by atoms with Crippen molar-refractivity contribution in [2.75, 3.05) is 6.54 Å². The summed E-state index contributed by atoms with van der Waals surface area (Å²) in [5.41, 5.74) is 0.855. The smallest absolute Gasteiger partial charge is 0.170 e. The largest absolute Gasteiger partial charge is 0.453 e. The Morgan fingerprint density at radius 3 is 3.18 bits per heavy atom. The highest BCUT2D eigenvalue weighted by Gasteiger charge is 2.20. The van der Waals surface area contributed by atoms with E-state index in [0.29, 0.717) is 6.54 Å². The van der Waals surface area contributed by atoms with E-state index >= 15 is 0 Å². The van der Waals surface area contributed by atoms with Gasteiger partial charge in [-0.2, -0.15) is 0 Å². The average Bonchev–Trinajstić information content (AvgIpc) is 2.94. The quantitative estimate of drug-likeness (QED) is 0.650. The number of aliphatic imine (C=N–C) groups is 2. The molecule has 0 fully saturated rings. The van der Waals surface area contributed by atoms with Crippen LogP contribution in [0.2, 0.25) is 0 Å². The van der Waals surface area contributed by atoms with Gasteiger partial charge < -0.3 is 9.73 Å². The summed E-state index contributed by atoms with van der Waals surface area (Å²) < 4.78 is 5.70. The first-order valence-corrected chi connectivity index (χ1v) is 5.64. The molecule has 3 rings (SSSR count). The van der Waals surface area contributed by atoms with Gasteiger partial charge in [0.1, 0.15) is 11.7 Å². The molecule has 4 nitrogen and oxygen atoms in total. The number of thiocarbonyl (C=S) groups is 1. The monoisotopic (exact) mass is 243 g/mol. The molecule has 2 aromatic rings. The maximum absolute atomic E-state index is 5.70. The summed E-state index contributed by atoms with van der Waals surface area (Å²) >= 11 is 4.57. The van der Waals surface area contributed by atoms with Gasteiger partial charge in [0, 0.05) is 5.39 Å². The van der Waals surface area contributed by atoms with Crippen molar-refractivity contribution in [2.24, 2.45) is 9.98 Å². The second-order valence-corrected chi connectivity index (χ2v) is 3.90. The Bertz CT molecular complexity index is 607. The number of para-hydroxylation sites is 1. The van der Waals surface area contributed by atoms with Gasteiger partial charge in [-0.25, -0.2) is 4.99 Å². The van der Waals surface area contributed by atoms with Crippen LogP contribution in [0.15, 0.2) is 44.7 Å². The summed E-state index contributed by atoms with van der Waals surface area (Å²) in [6.45, 7) is 0.565. The summed E-state index contributed by atoms with van der Waals surface area (Å²) in [4.78, 5) is 8.28. The number of hydrogen-bond acceptors (Lipinski definition) is 5. The second kappa shape index (κ2) is 4.13. The number of fused-ring (bicyclic) bond motifs is 1. The van der Waals surface area contributed by atoms with Crippen LogP contribution in [0.1, 0.15) is 5.76 Å². The molecule has 0 radical (unpaired) electrons. The molecule has 0 aliphatic carbocycles. The zero-order chi connectivity index (χ0) is 11.7. The van der Waals surface area contributed by atoms with E-state index in [1.807, 2.05) is 30.3 Å². The molecule has 0 amide bonds. The Morgan fingerprint density at radius 2 is 2.35 bits per heavy atom. The minimum Gasteiger partial charge on any atom is -0.453 e. The normalized spacial score (nSPS) is 18.6. The fourth-order valence-electron chi connectivity index (χ4n) is 1.81. The molecule has 0 spiro atoms. The highest BCUT2D eigenvalue weighted by molar-refractivity contribution is 7.78. The third-order valence-electron chi connectivity index (χ3n) is 2.59. The number of rotatable bonds is 2. The first kappa shape index (κ1) is 10.2. The molecule has 0 saturated carbocycles. The SMILES string of the molecule is S=C=NC1CN=C(c2cc3ccccc3o2)N1. The van der Waals surface area contributed by atoms with Gasteiger partial charge in [0.15, 0.2) is 11.6 Å².